The Morgan fingerprint density at radius 1 is 1.32 bits per heavy atom. The fourth-order valence-electron chi connectivity index (χ4n) is 3.21. The van der Waals surface area contributed by atoms with Gasteiger partial charge in [-0.2, -0.15) is 0 Å². The molecule has 0 saturated heterocycles. The van der Waals surface area contributed by atoms with E-state index in [0.717, 1.165) is 30.2 Å². The Bertz CT molecular complexity index is 695. The molecule has 1 aliphatic carbocycles. The molecule has 0 bridgehead atoms. The highest BCUT2D eigenvalue weighted by Crippen LogP contribution is 2.51. The molecule has 0 aliphatic heterocycles. The summed E-state index contributed by atoms with van der Waals surface area (Å²) in [5.74, 6) is -0.0726. The van der Waals surface area contributed by atoms with E-state index in [1.807, 2.05) is 32.0 Å². The minimum absolute atomic E-state index is 0.250. The number of nitrogens with one attached hydrogen (secondary N) is 1. The van der Waals surface area contributed by atoms with Crippen molar-refractivity contribution in [1.82, 2.24) is 4.72 Å². The van der Waals surface area contributed by atoms with Gasteiger partial charge in [-0.3, -0.25) is 9.59 Å². The van der Waals surface area contributed by atoms with E-state index in [1.54, 1.807) is 12.1 Å². The molecule has 2 rings (SSSR count). The number of benzene rings is 1. The highest BCUT2D eigenvalue weighted by Gasteiger charge is 2.50. The third-order valence-electron chi connectivity index (χ3n) is 4.77. The van der Waals surface area contributed by atoms with E-state index in [-0.39, 0.29) is 18.2 Å². The van der Waals surface area contributed by atoms with E-state index < -0.39 is 15.4 Å². The van der Waals surface area contributed by atoms with Gasteiger partial charge in [-0.1, -0.05) is 50.6 Å². The second-order valence-electron chi connectivity index (χ2n) is 5.98. The van der Waals surface area contributed by atoms with Crippen LogP contribution in [0.25, 0.3) is 6.08 Å². The quantitative estimate of drug-likeness (QED) is 0.754. The van der Waals surface area contributed by atoms with Crippen LogP contribution < -0.4 is 10.5 Å². The molecule has 138 valence electrons. The molecule has 1 aromatic rings. The van der Waals surface area contributed by atoms with Crippen molar-refractivity contribution >= 4 is 28.4 Å². The summed E-state index contributed by atoms with van der Waals surface area (Å²) in [6, 6.07) is 9.13. The fourth-order valence-corrected chi connectivity index (χ4v) is 4.08. The smallest absolute Gasteiger partial charge is 0.257 e. The Kier molecular flexibility index (Phi) is 7.83. The number of sulfonamides is 1. The van der Waals surface area contributed by atoms with Crippen LogP contribution in [0.1, 0.15) is 45.1 Å². The van der Waals surface area contributed by atoms with Crippen molar-refractivity contribution in [2.75, 3.05) is 0 Å². The third-order valence-corrected chi connectivity index (χ3v) is 5.73. The predicted octanol–water partition coefficient (Wildman–Crippen LogP) is 2.42. The second kappa shape index (κ2) is 9.36. The molecule has 0 aromatic heterocycles. The molecule has 1 saturated carbocycles. The van der Waals surface area contributed by atoms with E-state index >= 15 is 0 Å². The third kappa shape index (κ3) is 5.42. The zero-order valence-corrected chi connectivity index (χ0v) is 15.5. The molecule has 2 amide bonds. The molecule has 6 nitrogen and oxygen atoms in total. The predicted molar refractivity (Wildman–Crippen MR) is 98.5 cm³/mol. The van der Waals surface area contributed by atoms with Crippen LogP contribution in [-0.4, -0.2) is 20.7 Å². The summed E-state index contributed by atoms with van der Waals surface area (Å²) in [5, 5.41) is 1.06. The maximum Gasteiger partial charge on any atom is 0.257 e. The van der Waals surface area contributed by atoms with Gasteiger partial charge in [-0.25, -0.2) is 13.1 Å². The number of hydrogen-bond acceptors (Lipinski definition) is 4. The minimum atomic E-state index is -3.76. The van der Waals surface area contributed by atoms with Gasteiger partial charge in [0.2, 0.25) is 12.3 Å². The first-order chi connectivity index (χ1) is 11.8. The molecule has 0 heterocycles. The first kappa shape index (κ1) is 20.9. The standard InChI is InChI=1S/C17H23NO3S.CH3NO/c1-3-15-10-12-17(15,4-2)16(19)18-22(20,21)13-11-14-8-6-5-7-9-14;2-1-3/h5-9,11,13,15H,3-4,10,12H2,1-2H3,(H,18,19);1H,(H2,2,3). The van der Waals surface area contributed by atoms with Crippen LogP contribution >= 0.6 is 0 Å². The molecule has 0 radical (unpaired) electrons. The first-order valence-electron chi connectivity index (χ1n) is 8.31. The van der Waals surface area contributed by atoms with E-state index in [1.165, 1.54) is 6.08 Å². The molecular weight excluding hydrogens is 340 g/mol. The van der Waals surface area contributed by atoms with Gasteiger partial charge in [0, 0.05) is 0 Å². The molecule has 1 fully saturated rings. The van der Waals surface area contributed by atoms with Crippen molar-refractivity contribution in [1.29, 1.82) is 0 Å². The molecule has 2 atom stereocenters. The monoisotopic (exact) mass is 366 g/mol. The second-order valence-corrected chi connectivity index (χ2v) is 7.55. The summed E-state index contributed by atoms with van der Waals surface area (Å²) in [5.41, 5.74) is 4.43. The summed E-state index contributed by atoms with van der Waals surface area (Å²) >= 11 is 0. The number of hydrogen-bond donors (Lipinski definition) is 2. The molecule has 0 spiro atoms. The van der Waals surface area contributed by atoms with Gasteiger partial charge in [-0.15, -0.1) is 0 Å². The summed E-state index contributed by atoms with van der Waals surface area (Å²) in [4.78, 5) is 21.0. The molecule has 1 aromatic carbocycles. The number of rotatable bonds is 6. The molecule has 7 heteroatoms. The molecule has 25 heavy (non-hydrogen) atoms. The maximum absolute atomic E-state index is 12.5. The van der Waals surface area contributed by atoms with Gasteiger partial charge in [0.05, 0.1) is 10.8 Å². The zero-order valence-electron chi connectivity index (χ0n) is 14.6. The lowest BCUT2D eigenvalue weighted by molar-refractivity contribution is -0.140. The Morgan fingerprint density at radius 2 is 1.92 bits per heavy atom. The lowest BCUT2D eigenvalue weighted by atomic mass is 9.57. The van der Waals surface area contributed by atoms with Gasteiger partial charge in [0.1, 0.15) is 0 Å². The van der Waals surface area contributed by atoms with Gasteiger partial charge in [-0.05, 0) is 36.8 Å². The number of nitrogens with two attached hydrogens (primary N) is 1. The highest BCUT2D eigenvalue weighted by molar-refractivity contribution is 7.93. The van der Waals surface area contributed by atoms with Crippen LogP contribution in [0.5, 0.6) is 0 Å². The van der Waals surface area contributed by atoms with E-state index in [0.29, 0.717) is 6.42 Å². The molecule has 2 unspecified atom stereocenters. The molecular formula is C18H26N2O4S. The summed E-state index contributed by atoms with van der Waals surface area (Å²) in [6.07, 6.45) is 5.09. The first-order valence-corrected chi connectivity index (χ1v) is 9.85. The van der Waals surface area contributed by atoms with Crippen molar-refractivity contribution in [2.24, 2.45) is 17.1 Å². The average Bonchev–Trinajstić information content (AvgIpc) is 2.55. The highest BCUT2D eigenvalue weighted by atomic mass is 32.2. The van der Waals surface area contributed by atoms with Gasteiger partial charge in [0.25, 0.3) is 10.0 Å². The number of carbonyl (C=O) groups is 2. The number of amides is 2. The SMILES string of the molecule is CCC1CCC1(CC)C(=O)NS(=O)(=O)C=Cc1ccccc1.NC=O. The maximum atomic E-state index is 12.5. The number of primary amides is 1. The van der Waals surface area contributed by atoms with Crippen molar-refractivity contribution in [3.8, 4) is 0 Å². The lowest BCUT2D eigenvalue weighted by Gasteiger charge is -2.47. The van der Waals surface area contributed by atoms with Gasteiger partial charge < -0.3 is 5.73 Å². The van der Waals surface area contributed by atoms with Crippen LogP contribution in [0.2, 0.25) is 0 Å². The Labute approximate surface area is 149 Å². The summed E-state index contributed by atoms with van der Waals surface area (Å²) in [6.45, 7) is 4.00. The van der Waals surface area contributed by atoms with Crippen LogP contribution in [0.15, 0.2) is 35.7 Å². The normalized spacial score (nSPS) is 22.4. The van der Waals surface area contributed by atoms with Crippen LogP contribution in [0, 0.1) is 11.3 Å². The van der Waals surface area contributed by atoms with Crippen molar-refractivity contribution in [3.05, 3.63) is 41.3 Å². The van der Waals surface area contributed by atoms with E-state index in [9.17, 15) is 13.2 Å². The Hall–Kier alpha value is -2.15. The topological polar surface area (TPSA) is 106 Å². The summed E-state index contributed by atoms with van der Waals surface area (Å²) in [7, 11) is -3.76. The van der Waals surface area contributed by atoms with Crippen molar-refractivity contribution < 1.29 is 18.0 Å². The van der Waals surface area contributed by atoms with E-state index in [4.69, 9.17) is 4.79 Å². The van der Waals surface area contributed by atoms with Gasteiger partial charge in [0.15, 0.2) is 0 Å². The Balaban J connectivity index is 0.000000970. The lowest BCUT2D eigenvalue weighted by Crippen LogP contribution is -2.52. The zero-order chi connectivity index (χ0) is 18.9. The van der Waals surface area contributed by atoms with E-state index in [2.05, 4.69) is 10.5 Å². The summed E-state index contributed by atoms with van der Waals surface area (Å²) < 4.78 is 26.4. The number of carbonyl (C=O) groups excluding carboxylic acids is 2. The molecule has 3 N–H and O–H groups in total. The van der Waals surface area contributed by atoms with Crippen LogP contribution in [0.4, 0.5) is 0 Å². The van der Waals surface area contributed by atoms with Crippen LogP contribution in [0.3, 0.4) is 0 Å². The van der Waals surface area contributed by atoms with Crippen LogP contribution in [-0.2, 0) is 19.6 Å². The average molecular weight is 366 g/mol. The Morgan fingerprint density at radius 3 is 2.36 bits per heavy atom. The van der Waals surface area contributed by atoms with Crippen molar-refractivity contribution in [3.63, 3.8) is 0 Å². The molecule has 1 aliphatic rings. The fraction of sp³-hybridized carbons (Fsp3) is 0.444. The minimum Gasteiger partial charge on any atom is -0.372 e. The van der Waals surface area contributed by atoms with Crippen molar-refractivity contribution in [2.45, 2.75) is 39.5 Å². The largest absolute Gasteiger partial charge is 0.372 e. The van der Waals surface area contributed by atoms with Gasteiger partial charge >= 0.3 is 0 Å².